The van der Waals surface area contributed by atoms with E-state index in [4.69, 9.17) is 9.47 Å². The highest BCUT2D eigenvalue weighted by molar-refractivity contribution is 8.01. The van der Waals surface area contributed by atoms with E-state index in [0.29, 0.717) is 6.42 Å². The van der Waals surface area contributed by atoms with Crippen LogP contribution in [-0.2, 0) is 9.59 Å². The summed E-state index contributed by atoms with van der Waals surface area (Å²) in [5.41, 5.74) is 1.83. The summed E-state index contributed by atoms with van der Waals surface area (Å²) in [6.07, 6.45) is 1.48. The summed E-state index contributed by atoms with van der Waals surface area (Å²) in [5, 5.41) is 0. The molecule has 0 aliphatic carbocycles. The van der Waals surface area contributed by atoms with Crippen molar-refractivity contribution in [3.8, 4) is 11.5 Å². The Balaban J connectivity index is 1.75. The lowest BCUT2D eigenvalue weighted by molar-refractivity contribution is -0.158. The second kappa shape index (κ2) is 9.71. The number of aldehydes is 1. The fraction of sp³-hybridized carbons (Fsp3) is 0.259. The van der Waals surface area contributed by atoms with Gasteiger partial charge in [-0.1, -0.05) is 49.4 Å². The van der Waals surface area contributed by atoms with E-state index in [9.17, 15) is 9.59 Å². The van der Waals surface area contributed by atoms with E-state index >= 15 is 0 Å². The van der Waals surface area contributed by atoms with Crippen LogP contribution >= 0.6 is 11.8 Å². The molecule has 1 aliphatic heterocycles. The number of carbonyl (C=O) groups is 2. The van der Waals surface area contributed by atoms with Gasteiger partial charge in [-0.05, 0) is 53.9 Å². The third-order valence-electron chi connectivity index (χ3n) is 6.21. The lowest BCUT2D eigenvalue weighted by atomic mass is 9.80. The van der Waals surface area contributed by atoms with Crippen LogP contribution in [0.1, 0.15) is 30.5 Å². The lowest BCUT2D eigenvalue weighted by Gasteiger charge is -2.56. The molecule has 6 heteroatoms. The molecule has 3 aromatic carbocycles. The minimum absolute atomic E-state index is 0.0346. The first kappa shape index (κ1) is 22.9. The Morgan fingerprint density at radius 1 is 0.909 bits per heavy atom. The lowest BCUT2D eigenvalue weighted by Crippen LogP contribution is -2.73. The van der Waals surface area contributed by atoms with Crippen LogP contribution in [0.5, 0.6) is 11.5 Å². The number of thioether (sulfide) groups is 1. The molecule has 4 rings (SSSR count). The maximum Gasteiger partial charge on any atom is 0.243 e. The SMILES string of the molecule is CCC1(Sc2ccccc2)C(=O)N(C(c2ccc(OC)cc2)c2ccc(OC)cc2)C1C=O. The molecule has 0 saturated carbocycles. The van der Waals surface area contributed by atoms with Crippen molar-refractivity contribution in [2.45, 2.75) is 35.1 Å². The molecule has 3 aromatic rings. The molecule has 2 atom stereocenters. The second-order valence-electron chi connectivity index (χ2n) is 7.90. The van der Waals surface area contributed by atoms with Gasteiger partial charge in [0.1, 0.15) is 28.6 Å². The summed E-state index contributed by atoms with van der Waals surface area (Å²) in [4.78, 5) is 28.9. The third kappa shape index (κ3) is 4.11. The second-order valence-corrected chi connectivity index (χ2v) is 9.30. The number of likely N-dealkylation sites (tertiary alicyclic amines) is 1. The Morgan fingerprint density at radius 2 is 1.42 bits per heavy atom. The molecule has 33 heavy (non-hydrogen) atoms. The maximum atomic E-state index is 13.8. The van der Waals surface area contributed by atoms with Crippen molar-refractivity contribution in [1.29, 1.82) is 0 Å². The number of rotatable bonds is 9. The van der Waals surface area contributed by atoms with Gasteiger partial charge in [-0.3, -0.25) is 4.79 Å². The summed E-state index contributed by atoms with van der Waals surface area (Å²) < 4.78 is 9.80. The number of methoxy groups -OCH3 is 2. The van der Waals surface area contributed by atoms with Gasteiger partial charge in [0, 0.05) is 4.90 Å². The predicted molar refractivity (Wildman–Crippen MR) is 130 cm³/mol. The summed E-state index contributed by atoms with van der Waals surface area (Å²) in [7, 11) is 3.24. The molecule has 1 heterocycles. The number of nitrogens with zero attached hydrogens (tertiary/aromatic N) is 1. The van der Waals surface area contributed by atoms with Crippen molar-refractivity contribution in [1.82, 2.24) is 4.90 Å². The summed E-state index contributed by atoms with van der Waals surface area (Å²) in [5.74, 6) is 1.43. The van der Waals surface area contributed by atoms with Gasteiger partial charge in [-0.15, -0.1) is 11.8 Å². The van der Waals surface area contributed by atoms with Crippen molar-refractivity contribution in [2.75, 3.05) is 14.2 Å². The number of hydrogen-bond acceptors (Lipinski definition) is 5. The first-order chi connectivity index (χ1) is 16.1. The smallest absolute Gasteiger partial charge is 0.243 e. The molecule has 1 fully saturated rings. The summed E-state index contributed by atoms with van der Waals surface area (Å²) in [6.45, 7) is 1.97. The fourth-order valence-corrected chi connectivity index (χ4v) is 5.75. The number of benzene rings is 3. The highest BCUT2D eigenvalue weighted by Crippen LogP contribution is 2.52. The normalized spacial score (nSPS) is 19.8. The van der Waals surface area contributed by atoms with E-state index in [0.717, 1.165) is 33.8 Å². The zero-order valence-electron chi connectivity index (χ0n) is 18.9. The topological polar surface area (TPSA) is 55.8 Å². The van der Waals surface area contributed by atoms with Gasteiger partial charge in [0.2, 0.25) is 5.91 Å². The Morgan fingerprint density at radius 3 is 1.85 bits per heavy atom. The number of ether oxygens (including phenoxy) is 2. The molecule has 5 nitrogen and oxygen atoms in total. The molecule has 0 N–H and O–H groups in total. The van der Waals surface area contributed by atoms with Crippen molar-refractivity contribution in [3.05, 3.63) is 90.0 Å². The number of carbonyl (C=O) groups excluding carboxylic acids is 2. The Bertz CT molecular complexity index is 1050. The molecule has 0 spiro atoms. The van der Waals surface area contributed by atoms with E-state index in [-0.39, 0.29) is 5.91 Å². The van der Waals surface area contributed by atoms with Crippen molar-refractivity contribution < 1.29 is 19.1 Å². The van der Waals surface area contributed by atoms with Gasteiger partial charge in [0.05, 0.1) is 20.3 Å². The van der Waals surface area contributed by atoms with E-state index in [2.05, 4.69) is 0 Å². The molecule has 1 saturated heterocycles. The summed E-state index contributed by atoms with van der Waals surface area (Å²) >= 11 is 1.48. The largest absolute Gasteiger partial charge is 0.497 e. The van der Waals surface area contributed by atoms with Crippen LogP contribution in [0, 0.1) is 0 Å². The quantitative estimate of drug-likeness (QED) is 0.326. The molecule has 0 radical (unpaired) electrons. The standard InChI is InChI=1S/C27H27NO4S/c1-4-27(33-23-8-6-5-7-9-23)24(18-29)28(26(27)30)25(19-10-14-21(31-2)15-11-19)20-12-16-22(32-3)17-13-20/h5-18,24-25H,4H2,1-3H3. The third-order valence-corrected chi connectivity index (χ3v) is 7.79. The first-order valence-electron chi connectivity index (χ1n) is 10.9. The van der Waals surface area contributed by atoms with E-state index in [1.807, 2.05) is 85.8 Å². The number of amides is 1. The van der Waals surface area contributed by atoms with Crippen LogP contribution in [0.2, 0.25) is 0 Å². The van der Waals surface area contributed by atoms with Gasteiger partial charge >= 0.3 is 0 Å². The van der Waals surface area contributed by atoms with Gasteiger partial charge in [0.25, 0.3) is 0 Å². The molecule has 2 unspecified atom stereocenters. The number of β-lactam (4-membered cyclic amide) rings is 1. The molecule has 0 aromatic heterocycles. The Kier molecular flexibility index (Phi) is 6.75. The van der Waals surface area contributed by atoms with Crippen LogP contribution in [0.25, 0.3) is 0 Å². The fourth-order valence-electron chi connectivity index (χ4n) is 4.40. The maximum absolute atomic E-state index is 13.8. The van der Waals surface area contributed by atoms with Crippen molar-refractivity contribution in [3.63, 3.8) is 0 Å². The summed E-state index contributed by atoms with van der Waals surface area (Å²) in [6, 6.07) is 24.1. The highest BCUT2D eigenvalue weighted by atomic mass is 32.2. The van der Waals surface area contributed by atoms with Gasteiger partial charge < -0.3 is 19.2 Å². The average Bonchev–Trinajstić information content (AvgIpc) is 2.88. The van der Waals surface area contributed by atoms with Crippen molar-refractivity contribution >= 4 is 24.0 Å². The zero-order valence-corrected chi connectivity index (χ0v) is 19.7. The highest BCUT2D eigenvalue weighted by Gasteiger charge is 2.62. The predicted octanol–water partition coefficient (Wildman–Crippen LogP) is 5.14. The van der Waals surface area contributed by atoms with Crippen LogP contribution in [0.3, 0.4) is 0 Å². The van der Waals surface area contributed by atoms with Gasteiger partial charge in [0.15, 0.2) is 0 Å². The zero-order chi connectivity index (χ0) is 23.4. The van der Waals surface area contributed by atoms with Crippen LogP contribution in [0.15, 0.2) is 83.8 Å². The molecular formula is C27H27NO4S. The molecular weight excluding hydrogens is 434 g/mol. The van der Waals surface area contributed by atoms with Crippen LogP contribution < -0.4 is 9.47 Å². The van der Waals surface area contributed by atoms with E-state index < -0.39 is 16.8 Å². The first-order valence-corrected chi connectivity index (χ1v) is 11.7. The Labute approximate surface area is 198 Å². The molecule has 1 amide bonds. The average molecular weight is 462 g/mol. The monoisotopic (exact) mass is 461 g/mol. The Hall–Kier alpha value is -3.25. The molecule has 170 valence electrons. The van der Waals surface area contributed by atoms with Gasteiger partial charge in [-0.25, -0.2) is 0 Å². The van der Waals surface area contributed by atoms with Crippen molar-refractivity contribution in [2.24, 2.45) is 0 Å². The molecule has 1 aliphatic rings. The number of hydrogen-bond donors (Lipinski definition) is 0. The minimum atomic E-state index is -0.819. The minimum Gasteiger partial charge on any atom is -0.497 e. The van der Waals surface area contributed by atoms with Crippen LogP contribution in [0.4, 0.5) is 0 Å². The van der Waals surface area contributed by atoms with Gasteiger partial charge in [-0.2, -0.15) is 0 Å². The van der Waals surface area contributed by atoms with Crippen LogP contribution in [-0.4, -0.2) is 42.1 Å². The van der Waals surface area contributed by atoms with E-state index in [1.54, 1.807) is 19.1 Å². The molecule has 0 bridgehead atoms. The van der Waals surface area contributed by atoms with E-state index in [1.165, 1.54) is 11.8 Å².